The Labute approximate surface area is 120 Å². The van der Waals surface area contributed by atoms with Crippen LogP contribution in [0, 0.1) is 0 Å². The third-order valence-electron chi connectivity index (χ3n) is 3.33. The largest absolute Gasteiger partial charge is 0.497 e. The first-order valence-corrected chi connectivity index (χ1v) is 6.99. The lowest BCUT2D eigenvalue weighted by atomic mass is 9.99. The van der Waals surface area contributed by atoms with Crippen molar-refractivity contribution in [2.45, 2.75) is 26.2 Å². The zero-order valence-corrected chi connectivity index (χ0v) is 12.1. The summed E-state index contributed by atoms with van der Waals surface area (Å²) in [6.07, 6.45) is 4.56. The molecular weight excluding hydrogens is 254 g/mol. The summed E-state index contributed by atoms with van der Waals surface area (Å²) in [7, 11) is 1.66. The number of carbonyl (C=O) groups excluding carboxylic acids is 1. The fourth-order valence-electron chi connectivity index (χ4n) is 2.32. The summed E-state index contributed by atoms with van der Waals surface area (Å²) in [5.74, 6) is 0.861. The zero-order chi connectivity index (χ0) is 14.4. The summed E-state index contributed by atoms with van der Waals surface area (Å²) in [6.45, 7) is 2.98. The lowest BCUT2D eigenvalue weighted by molar-refractivity contribution is 0.120. The van der Waals surface area contributed by atoms with Crippen molar-refractivity contribution in [3.63, 3.8) is 0 Å². The molecule has 0 saturated heterocycles. The Morgan fingerprint density at radius 2 is 2.05 bits per heavy atom. The Morgan fingerprint density at radius 3 is 2.70 bits per heavy atom. The van der Waals surface area contributed by atoms with E-state index in [1.54, 1.807) is 12.0 Å². The minimum absolute atomic E-state index is 0.251. The molecule has 0 spiro atoms. The van der Waals surface area contributed by atoms with Crippen molar-refractivity contribution >= 4 is 6.09 Å². The van der Waals surface area contributed by atoms with Gasteiger partial charge in [-0.25, -0.2) is 4.79 Å². The van der Waals surface area contributed by atoms with Gasteiger partial charge in [0.05, 0.1) is 13.7 Å². The van der Waals surface area contributed by atoms with Crippen molar-refractivity contribution in [2.24, 2.45) is 0 Å². The van der Waals surface area contributed by atoms with Crippen LogP contribution < -0.4 is 4.74 Å². The maximum atomic E-state index is 11.7. The Hall–Kier alpha value is -1.97. The minimum Gasteiger partial charge on any atom is -0.497 e. The SMILES string of the molecule is CCOC(=O)N1C=C(Cc2ccc(OC)cc2)CCC1. The van der Waals surface area contributed by atoms with Crippen LogP contribution in [0.3, 0.4) is 0 Å². The molecule has 1 heterocycles. The normalized spacial score (nSPS) is 14.7. The number of ether oxygens (including phenoxy) is 2. The first-order chi connectivity index (χ1) is 9.72. The molecule has 1 aromatic rings. The molecule has 0 aliphatic carbocycles. The summed E-state index contributed by atoms with van der Waals surface area (Å²) in [6, 6.07) is 8.04. The molecule has 0 fully saturated rings. The van der Waals surface area contributed by atoms with Crippen molar-refractivity contribution in [2.75, 3.05) is 20.3 Å². The van der Waals surface area contributed by atoms with Gasteiger partial charge in [-0.1, -0.05) is 12.1 Å². The molecule has 1 aromatic carbocycles. The number of benzene rings is 1. The Morgan fingerprint density at radius 1 is 1.30 bits per heavy atom. The lowest BCUT2D eigenvalue weighted by Crippen LogP contribution is -2.30. The summed E-state index contributed by atoms with van der Waals surface area (Å²) < 4.78 is 10.2. The first kappa shape index (κ1) is 14.4. The average molecular weight is 275 g/mol. The molecule has 0 N–H and O–H groups in total. The van der Waals surface area contributed by atoms with Crippen molar-refractivity contribution in [1.82, 2.24) is 4.90 Å². The van der Waals surface area contributed by atoms with E-state index >= 15 is 0 Å². The molecule has 2 rings (SSSR count). The molecule has 0 unspecified atom stereocenters. The molecule has 0 radical (unpaired) electrons. The molecule has 0 atom stereocenters. The first-order valence-electron chi connectivity index (χ1n) is 6.99. The molecule has 4 heteroatoms. The van der Waals surface area contributed by atoms with Crippen molar-refractivity contribution < 1.29 is 14.3 Å². The van der Waals surface area contributed by atoms with Crippen LogP contribution in [0.5, 0.6) is 5.75 Å². The summed E-state index contributed by atoms with van der Waals surface area (Å²) in [4.78, 5) is 13.4. The van der Waals surface area contributed by atoms with Gasteiger partial charge in [0, 0.05) is 12.7 Å². The van der Waals surface area contributed by atoms with Crippen LogP contribution in [0.15, 0.2) is 36.0 Å². The van der Waals surface area contributed by atoms with E-state index in [-0.39, 0.29) is 6.09 Å². The molecule has 1 aliphatic rings. The highest BCUT2D eigenvalue weighted by Crippen LogP contribution is 2.21. The molecule has 20 heavy (non-hydrogen) atoms. The van der Waals surface area contributed by atoms with Gasteiger partial charge < -0.3 is 9.47 Å². The van der Waals surface area contributed by atoms with Crippen LogP contribution in [-0.2, 0) is 11.2 Å². The van der Waals surface area contributed by atoms with Crippen molar-refractivity contribution in [3.05, 3.63) is 41.6 Å². The van der Waals surface area contributed by atoms with Crippen molar-refractivity contribution in [3.8, 4) is 5.75 Å². The average Bonchev–Trinajstić information content (AvgIpc) is 2.48. The van der Waals surface area contributed by atoms with Gasteiger partial charge in [0.1, 0.15) is 5.75 Å². The number of nitrogens with zero attached hydrogens (tertiary/aromatic N) is 1. The van der Waals surface area contributed by atoms with E-state index < -0.39 is 0 Å². The third-order valence-corrected chi connectivity index (χ3v) is 3.33. The zero-order valence-electron chi connectivity index (χ0n) is 12.1. The van der Waals surface area contributed by atoms with Crippen molar-refractivity contribution in [1.29, 1.82) is 0 Å². The van der Waals surface area contributed by atoms with Gasteiger partial charge in [0.2, 0.25) is 0 Å². The van der Waals surface area contributed by atoms with Gasteiger partial charge in [0.25, 0.3) is 0 Å². The molecular formula is C16H21NO3. The standard InChI is InChI=1S/C16H21NO3/c1-3-20-16(18)17-10-4-5-14(12-17)11-13-6-8-15(19-2)9-7-13/h6-9,12H,3-5,10-11H2,1-2H3. The maximum Gasteiger partial charge on any atom is 0.413 e. The molecule has 0 bridgehead atoms. The number of carbonyl (C=O) groups is 1. The quantitative estimate of drug-likeness (QED) is 0.845. The molecule has 0 saturated carbocycles. The van der Waals surface area contributed by atoms with E-state index in [2.05, 4.69) is 12.1 Å². The number of rotatable bonds is 4. The number of hydrogen-bond donors (Lipinski definition) is 0. The third kappa shape index (κ3) is 3.76. The molecule has 1 aliphatic heterocycles. The van der Waals surface area contributed by atoms with E-state index in [1.165, 1.54) is 11.1 Å². The highest BCUT2D eigenvalue weighted by molar-refractivity contribution is 5.69. The number of amides is 1. The van der Waals surface area contributed by atoms with Crippen LogP contribution in [0.1, 0.15) is 25.3 Å². The van der Waals surface area contributed by atoms with Crippen LogP contribution >= 0.6 is 0 Å². The maximum absolute atomic E-state index is 11.7. The number of allylic oxidation sites excluding steroid dienone is 1. The van der Waals surface area contributed by atoms with E-state index in [1.807, 2.05) is 25.3 Å². The summed E-state index contributed by atoms with van der Waals surface area (Å²) >= 11 is 0. The second kappa shape index (κ2) is 6.98. The van der Waals surface area contributed by atoms with Gasteiger partial charge in [-0.15, -0.1) is 0 Å². The van der Waals surface area contributed by atoms with E-state index in [9.17, 15) is 4.79 Å². The predicted molar refractivity (Wildman–Crippen MR) is 77.7 cm³/mol. The number of methoxy groups -OCH3 is 1. The van der Waals surface area contributed by atoms with Gasteiger partial charge in [0.15, 0.2) is 0 Å². The summed E-state index contributed by atoms with van der Waals surface area (Å²) in [5.41, 5.74) is 2.48. The Balaban J connectivity index is 2.01. The Bertz CT molecular complexity index is 479. The molecule has 4 nitrogen and oxygen atoms in total. The van der Waals surface area contributed by atoms with Crippen LogP contribution in [-0.4, -0.2) is 31.3 Å². The number of hydrogen-bond acceptors (Lipinski definition) is 3. The second-order valence-corrected chi connectivity index (χ2v) is 4.81. The van der Waals surface area contributed by atoms with E-state index in [0.717, 1.165) is 31.6 Å². The Kier molecular flexibility index (Phi) is 5.04. The van der Waals surface area contributed by atoms with Crippen LogP contribution in [0.4, 0.5) is 4.79 Å². The highest BCUT2D eigenvalue weighted by atomic mass is 16.6. The van der Waals surface area contributed by atoms with E-state index in [0.29, 0.717) is 6.61 Å². The lowest BCUT2D eigenvalue weighted by Gasteiger charge is -2.24. The molecule has 108 valence electrons. The van der Waals surface area contributed by atoms with Gasteiger partial charge in [-0.05, 0) is 49.5 Å². The van der Waals surface area contributed by atoms with Crippen LogP contribution in [0.2, 0.25) is 0 Å². The highest BCUT2D eigenvalue weighted by Gasteiger charge is 2.17. The van der Waals surface area contributed by atoms with Gasteiger partial charge >= 0.3 is 6.09 Å². The van der Waals surface area contributed by atoms with Gasteiger partial charge in [-0.3, -0.25) is 4.90 Å². The monoisotopic (exact) mass is 275 g/mol. The van der Waals surface area contributed by atoms with Crippen LogP contribution in [0.25, 0.3) is 0 Å². The predicted octanol–water partition coefficient (Wildman–Crippen LogP) is 3.37. The smallest absolute Gasteiger partial charge is 0.413 e. The fourth-order valence-corrected chi connectivity index (χ4v) is 2.32. The fraction of sp³-hybridized carbons (Fsp3) is 0.438. The second-order valence-electron chi connectivity index (χ2n) is 4.81. The summed E-state index contributed by atoms with van der Waals surface area (Å²) in [5, 5.41) is 0. The minimum atomic E-state index is -0.251. The van der Waals surface area contributed by atoms with Gasteiger partial charge in [-0.2, -0.15) is 0 Å². The molecule has 1 amide bonds. The topological polar surface area (TPSA) is 38.8 Å². The molecule has 0 aromatic heterocycles. The van der Waals surface area contributed by atoms with E-state index in [4.69, 9.17) is 9.47 Å².